The summed E-state index contributed by atoms with van der Waals surface area (Å²) < 4.78 is 5.23. The van der Waals surface area contributed by atoms with Gasteiger partial charge in [0.1, 0.15) is 0 Å². The minimum absolute atomic E-state index is 0.00667. The van der Waals surface area contributed by atoms with Crippen molar-refractivity contribution >= 4 is 5.97 Å². The van der Waals surface area contributed by atoms with E-state index in [2.05, 4.69) is 53.4 Å². The molecule has 1 saturated heterocycles. The lowest BCUT2D eigenvalue weighted by molar-refractivity contribution is -0.149. The molecule has 0 unspecified atom stereocenters. The highest BCUT2D eigenvalue weighted by molar-refractivity contribution is 5.72. The summed E-state index contributed by atoms with van der Waals surface area (Å²) in [7, 11) is 0. The molecular formula is C24H27NO2. The van der Waals surface area contributed by atoms with Crippen molar-refractivity contribution < 1.29 is 9.53 Å². The summed E-state index contributed by atoms with van der Waals surface area (Å²) in [5.74, 6) is 0.625. The highest BCUT2D eigenvalue weighted by atomic mass is 16.5. The van der Waals surface area contributed by atoms with Crippen LogP contribution in [0, 0.1) is 5.92 Å². The highest BCUT2D eigenvalue weighted by Gasteiger charge is 2.53. The Morgan fingerprint density at radius 2 is 1.63 bits per heavy atom. The third-order valence-electron chi connectivity index (χ3n) is 6.96. The van der Waals surface area contributed by atoms with E-state index in [1.54, 1.807) is 0 Å². The molecule has 3 heteroatoms. The summed E-state index contributed by atoms with van der Waals surface area (Å²) in [6.45, 7) is 5.41. The van der Waals surface area contributed by atoms with Crippen LogP contribution < -0.4 is 0 Å². The summed E-state index contributed by atoms with van der Waals surface area (Å²) >= 11 is 0. The SMILES string of the molecule is CCOC(=O)C1CCN(CC23CC(c4ccccc42)c2ccccc23)CC1. The van der Waals surface area contributed by atoms with Gasteiger partial charge in [-0.1, -0.05) is 48.5 Å². The van der Waals surface area contributed by atoms with Gasteiger partial charge in [-0.2, -0.15) is 0 Å². The van der Waals surface area contributed by atoms with Crippen LogP contribution >= 0.6 is 0 Å². The Balaban J connectivity index is 1.41. The van der Waals surface area contributed by atoms with E-state index in [1.807, 2.05) is 6.92 Å². The van der Waals surface area contributed by atoms with Crippen LogP contribution in [0.25, 0.3) is 0 Å². The lowest BCUT2D eigenvalue weighted by Gasteiger charge is -2.39. The first-order valence-corrected chi connectivity index (χ1v) is 10.3. The largest absolute Gasteiger partial charge is 0.466 e. The molecule has 2 aromatic carbocycles. The molecule has 0 aromatic heterocycles. The molecule has 3 aliphatic rings. The van der Waals surface area contributed by atoms with Gasteiger partial charge >= 0.3 is 5.97 Å². The van der Waals surface area contributed by atoms with Crippen LogP contribution in [-0.4, -0.2) is 37.1 Å². The number of nitrogens with zero attached hydrogens (tertiary/aromatic N) is 1. The van der Waals surface area contributed by atoms with Gasteiger partial charge in [0, 0.05) is 17.9 Å². The molecule has 2 bridgehead atoms. The van der Waals surface area contributed by atoms with E-state index in [0.717, 1.165) is 32.5 Å². The number of likely N-dealkylation sites (tertiary alicyclic amines) is 1. The summed E-state index contributed by atoms with van der Waals surface area (Å²) in [4.78, 5) is 14.6. The number of hydrogen-bond donors (Lipinski definition) is 0. The van der Waals surface area contributed by atoms with Gasteiger partial charge in [0.2, 0.25) is 0 Å². The Morgan fingerprint density at radius 3 is 2.22 bits per heavy atom. The van der Waals surface area contributed by atoms with Crippen molar-refractivity contribution in [2.45, 2.75) is 37.5 Å². The van der Waals surface area contributed by atoms with E-state index in [-0.39, 0.29) is 17.3 Å². The highest BCUT2D eigenvalue weighted by Crippen LogP contribution is 2.60. The van der Waals surface area contributed by atoms with E-state index in [0.29, 0.717) is 12.5 Å². The Morgan fingerprint density at radius 1 is 1.04 bits per heavy atom. The van der Waals surface area contributed by atoms with Crippen LogP contribution in [-0.2, 0) is 14.9 Å². The van der Waals surface area contributed by atoms with Gasteiger partial charge in [0.05, 0.1) is 12.5 Å². The number of benzene rings is 2. The number of fused-ring (bicyclic) bond motifs is 8. The molecule has 0 saturated carbocycles. The number of rotatable bonds is 4. The zero-order valence-electron chi connectivity index (χ0n) is 16.0. The molecule has 0 amide bonds. The van der Waals surface area contributed by atoms with Gasteiger partial charge in [-0.15, -0.1) is 0 Å². The van der Waals surface area contributed by atoms with E-state index >= 15 is 0 Å². The summed E-state index contributed by atoms with van der Waals surface area (Å²) in [5, 5.41) is 0. The van der Waals surface area contributed by atoms with Crippen molar-refractivity contribution in [3.05, 3.63) is 70.8 Å². The fourth-order valence-electron chi connectivity index (χ4n) is 5.78. The second-order valence-electron chi connectivity index (χ2n) is 8.32. The molecule has 140 valence electrons. The average Bonchev–Trinajstić information content (AvgIpc) is 3.21. The van der Waals surface area contributed by atoms with Crippen LogP contribution in [0.3, 0.4) is 0 Å². The van der Waals surface area contributed by atoms with Crippen molar-refractivity contribution in [1.82, 2.24) is 4.90 Å². The molecule has 1 heterocycles. The maximum Gasteiger partial charge on any atom is 0.309 e. The second-order valence-corrected chi connectivity index (χ2v) is 8.32. The Hall–Kier alpha value is -2.13. The Kier molecular flexibility index (Phi) is 4.08. The quantitative estimate of drug-likeness (QED) is 0.768. The second kappa shape index (κ2) is 6.49. The maximum absolute atomic E-state index is 12.1. The number of esters is 1. The van der Waals surface area contributed by atoms with E-state index in [4.69, 9.17) is 4.74 Å². The molecule has 2 aliphatic carbocycles. The van der Waals surface area contributed by atoms with Crippen molar-refractivity contribution in [2.75, 3.05) is 26.2 Å². The van der Waals surface area contributed by atoms with Gasteiger partial charge < -0.3 is 9.64 Å². The molecule has 1 fully saturated rings. The first-order valence-electron chi connectivity index (χ1n) is 10.3. The van der Waals surface area contributed by atoms with Crippen molar-refractivity contribution in [1.29, 1.82) is 0 Å². The number of ether oxygens (including phenoxy) is 1. The van der Waals surface area contributed by atoms with Crippen LogP contribution in [0.5, 0.6) is 0 Å². The fraction of sp³-hybridized carbons (Fsp3) is 0.458. The van der Waals surface area contributed by atoms with Gasteiger partial charge in [-0.05, 0) is 61.5 Å². The van der Waals surface area contributed by atoms with Crippen LogP contribution in [0.4, 0.5) is 0 Å². The number of piperidine rings is 1. The standard InChI is InChI=1S/C24H27NO2/c1-2-27-23(26)17-11-13-25(14-12-17)16-24-15-20(18-7-3-5-9-21(18)24)19-8-4-6-10-22(19)24/h3-10,17,20H,2,11-16H2,1H3. The third kappa shape index (κ3) is 2.55. The summed E-state index contributed by atoms with van der Waals surface area (Å²) in [5.41, 5.74) is 6.23. The minimum atomic E-state index is -0.00667. The minimum Gasteiger partial charge on any atom is -0.466 e. The lowest BCUT2D eigenvalue weighted by Crippen LogP contribution is -2.44. The first kappa shape index (κ1) is 17.0. The maximum atomic E-state index is 12.1. The lowest BCUT2D eigenvalue weighted by atomic mass is 9.74. The van der Waals surface area contributed by atoms with Gasteiger partial charge in [0.25, 0.3) is 0 Å². The fourth-order valence-corrected chi connectivity index (χ4v) is 5.78. The summed E-state index contributed by atoms with van der Waals surface area (Å²) in [6, 6.07) is 18.1. The van der Waals surface area contributed by atoms with E-state index in [9.17, 15) is 4.79 Å². The molecule has 5 rings (SSSR count). The molecule has 0 spiro atoms. The van der Waals surface area contributed by atoms with Crippen LogP contribution in [0.1, 0.15) is 54.4 Å². The number of carbonyl (C=O) groups is 1. The third-order valence-corrected chi connectivity index (χ3v) is 6.96. The zero-order chi connectivity index (χ0) is 18.4. The average molecular weight is 361 g/mol. The van der Waals surface area contributed by atoms with Gasteiger partial charge in [-0.25, -0.2) is 0 Å². The number of carbonyl (C=O) groups excluding carboxylic acids is 1. The van der Waals surface area contributed by atoms with Crippen molar-refractivity contribution in [3.8, 4) is 0 Å². The molecule has 3 nitrogen and oxygen atoms in total. The number of hydrogen-bond acceptors (Lipinski definition) is 3. The van der Waals surface area contributed by atoms with Crippen molar-refractivity contribution in [2.24, 2.45) is 5.92 Å². The van der Waals surface area contributed by atoms with Crippen LogP contribution in [0.15, 0.2) is 48.5 Å². The smallest absolute Gasteiger partial charge is 0.309 e. The van der Waals surface area contributed by atoms with E-state index < -0.39 is 0 Å². The topological polar surface area (TPSA) is 29.5 Å². The van der Waals surface area contributed by atoms with Crippen molar-refractivity contribution in [3.63, 3.8) is 0 Å². The van der Waals surface area contributed by atoms with E-state index in [1.165, 1.54) is 28.7 Å². The molecule has 0 atom stereocenters. The molecule has 0 N–H and O–H groups in total. The molecule has 0 radical (unpaired) electrons. The van der Waals surface area contributed by atoms with Gasteiger partial charge in [-0.3, -0.25) is 4.79 Å². The monoisotopic (exact) mass is 361 g/mol. The summed E-state index contributed by atoms with van der Waals surface area (Å²) in [6.07, 6.45) is 3.03. The molecule has 1 aliphatic heterocycles. The van der Waals surface area contributed by atoms with Gasteiger partial charge in [0.15, 0.2) is 0 Å². The Labute approximate surface area is 161 Å². The Bertz CT molecular complexity index is 819. The molecular weight excluding hydrogens is 334 g/mol. The van der Waals surface area contributed by atoms with Crippen LogP contribution in [0.2, 0.25) is 0 Å². The zero-order valence-corrected chi connectivity index (χ0v) is 16.0. The normalized spacial score (nSPS) is 26.6. The predicted octanol–water partition coefficient (Wildman–Crippen LogP) is 4.10. The molecule has 27 heavy (non-hydrogen) atoms. The molecule has 2 aromatic rings. The first-order chi connectivity index (χ1) is 13.2. The predicted molar refractivity (Wildman–Crippen MR) is 106 cm³/mol.